The zero-order chi connectivity index (χ0) is 38.6. The van der Waals surface area contributed by atoms with Crippen molar-refractivity contribution in [2.24, 2.45) is 40.9 Å². The summed E-state index contributed by atoms with van der Waals surface area (Å²) < 4.78 is 10.7. The number of likely N-dealkylation sites (tertiary alicyclic amines) is 1. The highest BCUT2D eigenvalue weighted by Crippen LogP contribution is 2.65. The Morgan fingerprint density at radius 1 is 0.907 bits per heavy atom. The number of ether oxygens (including phenoxy) is 2. The molecule has 6 aliphatic carbocycles. The molecule has 13 nitrogen and oxygen atoms in total. The number of amides is 5. The summed E-state index contributed by atoms with van der Waals surface area (Å²) in [6.07, 6.45) is 12.1. The second-order valence-electron chi connectivity index (χ2n) is 19.6. The Morgan fingerprint density at radius 2 is 1.54 bits per heavy atom. The highest BCUT2D eigenvalue weighted by atomic mass is 16.6. The number of carbonyl (C=O) groups is 6. The predicted molar refractivity (Wildman–Crippen MR) is 199 cm³/mol. The van der Waals surface area contributed by atoms with Gasteiger partial charge in [0, 0.05) is 18.6 Å². The molecule has 2 heterocycles. The van der Waals surface area contributed by atoms with Crippen molar-refractivity contribution < 1.29 is 38.2 Å². The van der Waals surface area contributed by atoms with E-state index in [0.29, 0.717) is 37.3 Å². The van der Waals surface area contributed by atoms with Gasteiger partial charge >= 0.3 is 12.0 Å². The van der Waals surface area contributed by atoms with Crippen LogP contribution in [0.15, 0.2) is 0 Å². The topological polar surface area (TPSA) is 176 Å². The number of urea groups is 1. The van der Waals surface area contributed by atoms with Gasteiger partial charge in [-0.05, 0) is 126 Å². The molecule has 8 aliphatic rings. The molecule has 0 aromatic heterocycles. The van der Waals surface area contributed by atoms with Crippen molar-refractivity contribution in [3.63, 3.8) is 0 Å². The van der Waals surface area contributed by atoms with Gasteiger partial charge in [-0.25, -0.2) is 4.79 Å². The zero-order valence-corrected chi connectivity index (χ0v) is 33.0. The molecule has 54 heavy (non-hydrogen) atoms. The van der Waals surface area contributed by atoms with Crippen LogP contribution in [-0.2, 0) is 33.4 Å². The molecular weight excluding hydrogens is 690 g/mol. The van der Waals surface area contributed by atoms with Crippen molar-refractivity contribution >= 4 is 35.5 Å². The van der Waals surface area contributed by atoms with Crippen LogP contribution < -0.4 is 21.3 Å². The van der Waals surface area contributed by atoms with Crippen LogP contribution in [0, 0.1) is 40.9 Å². The Hall–Kier alpha value is -3.22. The van der Waals surface area contributed by atoms with Gasteiger partial charge in [-0.3, -0.25) is 24.0 Å². The Labute approximate surface area is 319 Å². The van der Waals surface area contributed by atoms with Crippen LogP contribution in [-0.4, -0.2) is 95.5 Å². The maximum Gasteiger partial charge on any atom is 0.315 e. The number of piperidine rings is 1. The fourth-order valence-electron chi connectivity index (χ4n) is 11.6. The number of hydrogen-bond acceptors (Lipinski definition) is 8. The molecule has 2 aliphatic heterocycles. The monoisotopic (exact) mass is 753 g/mol. The molecule has 8 fully saturated rings. The van der Waals surface area contributed by atoms with Crippen molar-refractivity contribution in [1.82, 2.24) is 26.2 Å². The first kappa shape index (κ1) is 39.0. The van der Waals surface area contributed by atoms with Crippen molar-refractivity contribution in [3.05, 3.63) is 0 Å². The van der Waals surface area contributed by atoms with E-state index in [1.807, 2.05) is 0 Å². The Balaban J connectivity index is 1.04. The summed E-state index contributed by atoms with van der Waals surface area (Å²) in [4.78, 5) is 83.5. The normalized spacial score (nSPS) is 34.2. The molecule has 4 bridgehead atoms. The Bertz CT molecular complexity index is 1460. The average Bonchev–Trinajstić information content (AvgIpc) is 3.95. The summed E-state index contributed by atoms with van der Waals surface area (Å²) in [5.41, 5.74) is -1.05. The van der Waals surface area contributed by atoms with E-state index < -0.39 is 47.3 Å². The van der Waals surface area contributed by atoms with Gasteiger partial charge in [0.2, 0.25) is 17.6 Å². The van der Waals surface area contributed by atoms with Crippen LogP contribution in [0.2, 0.25) is 0 Å². The highest BCUT2D eigenvalue weighted by molar-refractivity contribution is 6.38. The van der Waals surface area contributed by atoms with Gasteiger partial charge in [-0.15, -0.1) is 0 Å². The zero-order valence-electron chi connectivity index (χ0n) is 33.0. The number of epoxide rings is 1. The smallest absolute Gasteiger partial charge is 0.315 e. The number of carbonyl (C=O) groups excluding carboxylic acids is 6. The third-order valence-electron chi connectivity index (χ3n) is 13.9. The molecule has 0 spiro atoms. The third-order valence-corrected chi connectivity index (χ3v) is 13.9. The van der Waals surface area contributed by atoms with Crippen LogP contribution >= 0.6 is 0 Å². The molecule has 8 rings (SSSR count). The first-order valence-electron chi connectivity index (χ1n) is 20.9. The van der Waals surface area contributed by atoms with Crippen molar-refractivity contribution in [1.29, 1.82) is 0 Å². The van der Waals surface area contributed by atoms with Crippen molar-refractivity contribution in [2.45, 2.75) is 160 Å². The molecule has 3 unspecified atom stereocenters. The fraction of sp³-hybridized carbons (Fsp3) is 0.854. The van der Waals surface area contributed by atoms with Crippen molar-refractivity contribution in [2.75, 3.05) is 19.7 Å². The maximum absolute atomic E-state index is 14.8. The van der Waals surface area contributed by atoms with E-state index in [9.17, 15) is 28.8 Å². The van der Waals surface area contributed by atoms with E-state index in [0.717, 1.165) is 51.4 Å². The van der Waals surface area contributed by atoms with Gasteiger partial charge in [-0.1, -0.05) is 33.1 Å². The minimum atomic E-state index is -1.13. The van der Waals surface area contributed by atoms with E-state index in [2.05, 4.69) is 35.1 Å². The molecule has 0 aromatic rings. The second-order valence-corrected chi connectivity index (χ2v) is 19.6. The lowest BCUT2D eigenvalue weighted by Gasteiger charge is -2.56. The van der Waals surface area contributed by atoms with Gasteiger partial charge < -0.3 is 35.6 Å². The molecule has 2 saturated heterocycles. The fourth-order valence-corrected chi connectivity index (χ4v) is 11.6. The van der Waals surface area contributed by atoms with E-state index in [4.69, 9.17) is 9.47 Å². The average molecular weight is 754 g/mol. The number of ketones is 1. The Kier molecular flexibility index (Phi) is 10.9. The second kappa shape index (κ2) is 15.0. The van der Waals surface area contributed by atoms with E-state index in [-0.39, 0.29) is 66.1 Å². The van der Waals surface area contributed by atoms with Gasteiger partial charge in [0.05, 0.1) is 25.2 Å². The van der Waals surface area contributed by atoms with Crippen molar-refractivity contribution in [3.8, 4) is 0 Å². The number of nitrogens with zero attached hydrogens (tertiary/aromatic N) is 1. The lowest BCUT2D eigenvalue weighted by Crippen LogP contribution is -2.64. The summed E-state index contributed by atoms with van der Waals surface area (Å²) >= 11 is 0. The molecular formula is C41H63N5O8. The summed E-state index contributed by atoms with van der Waals surface area (Å²) in [6, 6.07) is -2.99. The lowest BCUT2D eigenvalue weighted by atomic mass is 9.53. The van der Waals surface area contributed by atoms with Gasteiger partial charge in [0.25, 0.3) is 5.91 Å². The van der Waals surface area contributed by atoms with Gasteiger partial charge in [0.15, 0.2) is 0 Å². The summed E-state index contributed by atoms with van der Waals surface area (Å²) in [5.74, 6) is -0.918. The standard InChI is InChI=1S/C41H63N5O8/c1-39(2,3)54-30(47)13-14-42-36(50)34(48)29(12-11-27-22-53-27)43-35(49)33-31-28(40(31,4)5)21-46(33)37(51)32(26-9-7-6-8-10-26)44-38(52)45-41-18-23-15-24(19-41)17-25(16-23)20-41/h23-29,31-33H,6-22H2,1-5H3,(H,42,50)(H,43,49)(H2,44,45,52)/t23?,24?,25?,27?,28?,29-,31?,32+,33+,41?/m1/s1. The molecule has 5 amide bonds. The maximum atomic E-state index is 14.8. The predicted octanol–water partition coefficient (Wildman–Crippen LogP) is 3.77. The molecule has 300 valence electrons. The molecule has 6 saturated carbocycles. The van der Waals surface area contributed by atoms with E-state index in [1.165, 1.54) is 19.3 Å². The Morgan fingerprint density at radius 3 is 2.13 bits per heavy atom. The largest absolute Gasteiger partial charge is 0.460 e. The van der Waals surface area contributed by atoms with Crippen LogP contribution in [0.25, 0.3) is 0 Å². The summed E-state index contributed by atoms with van der Waals surface area (Å²) in [5, 5.41) is 12.0. The van der Waals surface area contributed by atoms with Gasteiger partial charge in [-0.2, -0.15) is 0 Å². The SMILES string of the molecule is CC(C)(C)OC(=O)CCNC(=O)C(=O)[C@@H](CCC1CO1)NC(=O)[C@@H]1C2C(CN1C(=O)[C@@H](NC(=O)NC13CC4CC(CC(C4)C1)C3)C1CCCCC1)C2(C)C. The number of nitrogens with one attached hydrogen (secondary N) is 4. The number of Topliss-reactive ketones (excluding diaryl/α,β-unsaturated/α-hetero) is 1. The minimum absolute atomic E-state index is 0.0285. The first-order chi connectivity index (χ1) is 25.5. The highest BCUT2D eigenvalue weighted by Gasteiger charge is 2.70. The minimum Gasteiger partial charge on any atom is -0.460 e. The van der Waals surface area contributed by atoms with E-state index >= 15 is 0 Å². The molecule has 13 heteroatoms. The summed E-state index contributed by atoms with van der Waals surface area (Å²) in [6.45, 7) is 10.3. The summed E-state index contributed by atoms with van der Waals surface area (Å²) in [7, 11) is 0. The van der Waals surface area contributed by atoms with E-state index in [1.54, 1.807) is 25.7 Å². The van der Waals surface area contributed by atoms with Gasteiger partial charge in [0.1, 0.15) is 17.7 Å². The molecule has 0 radical (unpaired) electrons. The van der Waals surface area contributed by atoms with Crippen LogP contribution in [0.1, 0.15) is 125 Å². The first-order valence-corrected chi connectivity index (χ1v) is 20.9. The third kappa shape index (κ3) is 8.60. The van der Waals surface area contributed by atoms with Crippen LogP contribution in [0.3, 0.4) is 0 Å². The quantitative estimate of drug-likeness (QED) is 0.118. The lowest BCUT2D eigenvalue weighted by molar-refractivity contribution is -0.154. The number of rotatable bonds is 14. The van der Waals surface area contributed by atoms with Crippen LogP contribution in [0.5, 0.6) is 0 Å². The number of fused-ring (bicyclic) bond motifs is 1. The number of hydrogen-bond donors (Lipinski definition) is 4. The molecule has 4 N–H and O–H groups in total. The van der Waals surface area contributed by atoms with Crippen LogP contribution in [0.4, 0.5) is 4.79 Å². The number of esters is 1. The molecule has 0 aromatic carbocycles. The molecule has 6 atom stereocenters.